The molecule has 0 aromatic carbocycles. The minimum Gasteiger partial charge on any atom is -0.465 e. The lowest BCUT2D eigenvalue weighted by Crippen LogP contribution is -2.56. The predicted octanol–water partition coefficient (Wildman–Crippen LogP) is 2.75. The van der Waals surface area contributed by atoms with Crippen molar-refractivity contribution in [2.24, 2.45) is 0 Å². The molecule has 0 spiro atoms. The lowest BCUT2D eigenvalue weighted by atomic mass is 9.91. The monoisotopic (exact) mass is 353 g/mol. The molecule has 2 N–H and O–H groups in total. The molecule has 0 radical (unpaired) electrons. The number of aryl methyl sites for hydroxylation is 1. The molecule has 3 rings (SSSR count). The van der Waals surface area contributed by atoms with Crippen LogP contribution in [-0.2, 0) is 0 Å². The normalized spacial score (nSPS) is 21.1. The lowest BCUT2D eigenvalue weighted by Gasteiger charge is -2.41. The Kier molecular flexibility index (Phi) is 4.16. The summed E-state index contributed by atoms with van der Waals surface area (Å²) in [5.41, 5.74) is -0.482. The van der Waals surface area contributed by atoms with Crippen LogP contribution in [0.1, 0.15) is 25.6 Å². The maximum Gasteiger partial charge on any atom is 0.405 e. The van der Waals surface area contributed by atoms with Gasteiger partial charge in [-0.1, -0.05) is 11.6 Å². The predicted molar refractivity (Wildman–Crippen MR) is 88.1 cm³/mol. The number of amides is 1. The van der Waals surface area contributed by atoms with Gasteiger partial charge >= 0.3 is 6.09 Å². The van der Waals surface area contributed by atoms with Gasteiger partial charge in [0.05, 0.1) is 10.9 Å². The summed E-state index contributed by atoms with van der Waals surface area (Å²) in [5, 5.41) is 11.8. The van der Waals surface area contributed by atoms with Crippen LogP contribution in [0, 0.1) is 12.7 Å². The largest absolute Gasteiger partial charge is 0.465 e. The second kappa shape index (κ2) is 6.01. The van der Waals surface area contributed by atoms with E-state index in [1.807, 2.05) is 11.8 Å². The summed E-state index contributed by atoms with van der Waals surface area (Å²) in [5.74, 6) is 0.278. The average molecular weight is 354 g/mol. The van der Waals surface area contributed by atoms with E-state index in [0.717, 1.165) is 12.8 Å². The van der Waals surface area contributed by atoms with Gasteiger partial charge in [-0.2, -0.15) is 0 Å². The number of hydrogen-bond acceptors (Lipinski definition) is 5. The van der Waals surface area contributed by atoms with Gasteiger partial charge in [0.1, 0.15) is 17.2 Å². The lowest BCUT2D eigenvalue weighted by molar-refractivity contribution is 0.175. The van der Waals surface area contributed by atoms with Crippen molar-refractivity contribution in [1.82, 2.24) is 20.3 Å². The van der Waals surface area contributed by atoms with E-state index in [4.69, 9.17) is 16.7 Å². The van der Waals surface area contributed by atoms with Crippen LogP contribution in [0.2, 0.25) is 5.15 Å². The number of hydrogen-bond donors (Lipinski definition) is 2. The third-order valence-corrected chi connectivity index (χ3v) is 4.40. The second-order valence-corrected chi connectivity index (χ2v) is 6.59. The number of fused-ring (bicyclic) bond motifs is 1. The molecule has 128 valence electrons. The topological polar surface area (TPSA) is 91.2 Å². The van der Waals surface area contributed by atoms with E-state index in [-0.39, 0.29) is 10.7 Å². The molecule has 1 unspecified atom stereocenters. The van der Waals surface area contributed by atoms with Crippen LogP contribution in [0.3, 0.4) is 0 Å². The minimum absolute atomic E-state index is 0.121. The van der Waals surface area contributed by atoms with Crippen molar-refractivity contribution in [3.8, 4) is 0 Å². The first-order valence-corrected chi connectivity index (χ1v) is 7.91. The quantitative estimate of drug-likeness (QED) is 0.807. The van der Waals surface area contributed by atoms with Gasteiger partial charge in [-0.15, -0.1) is 0 Å². The Morgan fingerprint density at radius 3 is 2.96 bits per heavy atom. The number of nitrogens with one attached hydrogen (secondary N) is 1. The van der Waals surface area contributed by atoms with Gasteiger partial charge < -0.3 is 15.3 Å². The molecule has 2 aromatic heterocycles. The van der Waals surface area contributed by atoms with Gasteiger partial charge in [-0.3, -0.25) is 0 Å². The van der Waals surface area contributed by atoms with Crippen molar-refractivity contribution >= 4 is 34.4 Å². The van der Waals surface area contributed by atoms with Crippen LogP contribution >= 0.6 is 11.6 Å². The van der Waals surface area contributed by atoms with Gasteiger partial charge in [0.2, 0.25) is 0 Å². The fourth-order valence-electron chi connectivity index (χ4n) is 3.15. The number of pyridine rings is 1. The molecular weight excluding hydrogens is 337 g/mol. The van der Waals surface area contributed by atoms with E-state index >= 15 is 0 Å². The Morgan fingerprint density at radius 1 is 1.50 bits per heavy atom. The molecule has 0 bridgehead atoms. The van der Waals surface area contributed by atoms with E-state index in [9.17, 15) is 9.18 Å². The van der Waals surface area contributed by atoms with Crippen molar-refractivity contribution in [3.63, 3.8) is 0 Å². The van der Waals surface area contributed by atoms with E-state index in [0.29, 0.717) is 30.1 Å². The summed E-state index contributed by atoms with van der Waals surface area (Å²) in [6, 6.07) is 0. The van der Waals surface area contributed by atoms with Crippen LogP contribution in [0.4, 0.5) is 15.0 Å². The number of anilines is 1. The first-order chi connectivity index (χ1) is 11.3. The first-order valence-electron chi connectivity index (χ1n) is 7.53. The smallest absolute Gasteiger partial charge is 0.405 e. The molecule has 1 aliphatic heterocycles. The molecule has 3 heterocycles. The second-order valence-electron chi connectivity index (χ2n) is 6.24. The van der Waals surface area contributed by atoms with Crippen molar-refractivity contribution in [1.29, 1.82) is 0 Å². The van der Waals surface area contributed by atoms with Crippen LogP contribution < -0.4 is 10.2 Å². The summed E-state index contributed by atoms with van der Waals surface area (Å²) >= 11 is 5.75. The number of carbonyl (C=O) groups is 1. The van der Waals surface area contributed by atoms with Gasteiger partial charge in [-0.25, -0.2) is 24.1 Å². The van der Waals surface area contributed by atoms with Gasteiger partial charge in [0.15, 0.2) is 11.0 Å². The Bertz CT molecular complexity index is 818. The number of piperidine rings is 1. The standard InChI is InChI=1S/C15H17ClFN5O2/c1-8-19-11-9(6-18-12(16)10(11)17)13(20-8)22-5-3-4-15(2,7-22)21-14(23)24/h6,21H,3-5,7H2,1-2H3,(H,23,24). The van der Waals surface area contributed by atoms with Crippen LogP contribution in [0.15, 0.2) is 6.20 Å². The van der Waals surface area contributed by atoms with Gasteiger partial charge in [-0.05, 0) is 26.7 Å². The zero-order valence-corrected chi connectivity index (χ0v) is 14.1. The number of carboxylic acid groups (broad SMARTS) is 1. The maximum absolute atomic E-state index is 14.3. The van der Waals surface area contributed by atoms with Crippen molar-refractivity contribution in [2.75, 3.05) is 18.0 Å². The third kappa shape index (κ3) is 3.06. The van der Waals surface area contributed by atoms with Crippen LogP contribution in [0.5, 0.6) is 0 Å². The number of nitrogens with zero attached hydrogens (tertiary/aromatic N) is 4. The number of rotatable bonds is 2. The summed E-state index contributed by atoms with van der Waals surface area (Å²) in [6.45, 7) is 4.64. The highest BCUT2D eigenvalue weighted by atomic mass is 35.5. The molecule has 24 heavy (non-hydrogen) atoms. The Labute approximate surface area is 142 Å². The third-order valence-electron chi connectivity index (χ3n) is 4.14. The Balaban J connectivity index is 2.06. The SMILES string of the molecule is Cc1nc(N2CCCC(C)(NC(=O)O)C2)c2cnc(Cl)c(F)c2n1. The first kappa shape index (κ1) is 16.6. The highest BCUT2D eigenvalue weighted by Gasteiger charge is 2.34. The van der Waals surface area contributed by atoms with Crippen molar-refractivity contribution < 1.29 is 14.3 Å². The maximum atomic E-state index is 14.3. The zero-order valence-electron chi connectivity index (χ0n) is 13.3. The zero-order chi connectivity index (χ0) is 17.5. The van der Waals surface area contributed by atoms with Crippen molar-refractivity contribution in [3.05, 3.63) is 23.0 Å². The van der Waals surface area contributed by atoms with Gasteiger partial charge in [0.25, 0.3) is 0 Å². The molecule has 7 nitrogen and oxygen atoms in total. The number of halogens is 2. The summed E-state index contributed by atoms with van der Waals surface area (Å²) in [6.07, 6.45) is 1.88. The average Bonchev–Trinajstić information content (AvgIpc) is 2.49. The summed E-state index contributed by atoms with van der Waals surface area (Å²) in [7, 11) is 0. The van der Waals surface area contributed by atoms with Crippen LogP contribution in [0.25, 0.3) is 10.9 Å². The highest BCUT2D eigenvalue weighted by molar-refractivity contribution is 6.30. The van der Waals surface area contributed by atoms with E-state index in [1.54, 1.807) is 6.92 Å². The summed E-state index contributed by atoms with van der Waals surface area (Å²) < 4.78 is 14.3. The van der Waals surface area contributed by atoms with E-state index in [2.05, 4.69) is 20.3 Å². The molecule has 1 fully saturated rings. The fraction of sp³-hybridized carbons (Fsp3) is 0.467. The molecule has 1 atom stereocenters. The van der Waals surface area contributed by atoms with Gasteiger partial charge in [0, 0.05) is 19.3 Å². The minimum atomic E-state index is -1.07. The molecule has 1 aliphatic rings. The molecule has 1 saturated heterocycles. The molecule has 2 aromatic rings. The molecule has 0 aliphatic carbocycles. The fourth-order valence-corrected chi connectivity index (χ4v) is 3.29. The van der Waals surface area contributed by atoms with E-state index < -0.39 is 17.4 Å². The summed E-state index contributed by atoms with van der Waals surface area (Å²) in [4.78, 5) is 25.4. The molecule has 9 heteroatoms. The molecule has 1 amide bonds. The Morgan fingerprint density at radius 2 is 2.25 bits per heavy atom. The number of aromatic nitrogens is 3. The van der Waals surface area contributed by atoms with Crippen LogP contribution in [-0.4, -0.2) is 44.8 Å². The Hall–Kier alpha value is -2.22. The van der Waals surface area contributed by atoms with Crippen molar-refractivity contribution in [2.45, 2.75) is 32.2 Å². The highest BCUT2D eigenvalue weighted by Crippen LogP contribution is 2.31. The molecule has 0 saturated carbocycles. The molecular formula is C15H17ClFN5O2. The van der Waals surface area contributed by atoms with E-state index in [1.165, 1.54) is 6.20 Å².